The van der Waals surface area contributed by atoms with Gasteiger partial charge < -0.3 is 10.4 Å². The lowest BCUT2D eigenvalue weighted by Crippen LogP contribution is -2.21. The molecule has 2 aromatic carbocycles. The number of carbonyl (C=O) groups is 1. The van der Waals surface area contributed by atoms with Gasteiger partial charge in [0.25, 0.3) is 0 Å². The molecule has 8 heteroatoms. The van der Waals surface area contributed by atoms with E-state index in [1.807, 2.05) is 17.6 Å². The molecule has 1 aliphatic heterocycles. The number of aromatic nitrogens is 3. The number of rotatable bonds is 6. The highest BCUT2D eigenvalue weighted by atomic mass is 32.1. The number of fused-ring (bicyclic) bond motifs is 3. The van der Waals surface area contributed by atoms with Crippen LogP contribution in [0.25, 0.3) is 5.00 Å². The maximum atomic E-state index is 12.0. The minimum Gasteiger partial charge on any atom is -0.481 e. The van der Waals surface area contributed by atoms with E-state index in [1.54, 1.807) is 18.3 Å². The standard InChI is InChI=1S/C28H29N5O2S/c1-15-8-6-7-9-21(15)14-29-22-12-10-20(11-13-22)25-23-16(2)18(4)36-27(23)33-19(5)31-32-26(33)24(30-25)17(3)28(34)35/h6-13,17,24,29H,14H2,1-5H3,(H,34,35)/t17?,24-/m0/s1. The number of aliphatic imine (C=N–C) groups is 1. The summed E-state index contributed by atoms with van der Waals surface area (Å²) in [5, 5.41) is 23.0. The molecule has 2 aromatic heterocycles. The first kappa shape index (κ1) is 23.9. The molecule has 7 nitrogen and oxygen atoms in total. The summed E-state index contributed by atoms with van der Waals surface area (Å²) in [6.45, 7) is 10.6. The van der Waals surface area contributed by atoms with Crippen LogP contribution in [0.2, 0.25) is 0 Å². The molecule has 0 radical (unpaired) electrons. The normalized spacial score (nSPS) is 15.5. The van der Waals surface area contributed by atoms with Gasteiger partial charge in [0.15, 0.2) is 5.82 Å². The van der Waals surface area contributed by atoms with Crippen LogP contribution >= 0.6 is 11.3 Å². The fourth-order valence-corrected chi connectivity index (χ4v) is 5.78. The van der Waals surface area contributed by atoms with Crippen molar-refractivity contribution in [1.29, 1.82) is 0 Å². The molecule has 36 heavy (non-hydrogen) atoms. The van der Waals surface area contributed by atoms with Crippen molar-refractivity contribution in [2.75, 3.05) is 5.32 Å². The zero-order valence-corrected chi connectivity index (χ0v) is 21.8. The number of aliphatic carboxylic acids is 1. The summed E-state index contributed by atoms with van der Waals surface area (Å²) in [5.74, 6) is -0.379. The van der Waals surface area contributed by atoms with Crippen molar-refractivity contribution >= 4 is 28.7 Å². The summed E-state index contributed by atoms with van der Waals surface area (Å²) in [7, 11) is 0. The van der Waals surface area contributed by atoms with E-state index in [-0.39, 0.29) is 0 Å². The molecule has 0 spiro atoms. The molecule has 2 N–H and O–H groups in total. The van der Waals surface area contributed by atoms with Crippen LogP contribution in [0.4, 0.5) is 5.69 Å². The highest BCUT2D eigenvalue weighted by Gasteiger charge is 2.36. The molecular weight excluding hydrogens is 470 g/mol. The maximum Gasteiger partial charge on any atom is 0.308 e. The van der Waals surface area contributed by atoms with Gasteiger partial charge in [-0.1, -0.05) is 36.4 Å². The summed E-state index contributed by atoms with van der Waals surface area (Å²) < 4.78 is 1.98. The first-order valence-corrected chi connectivity index (χ1v) is 12.8. The van der Waals surface area contributed by atoms with E-state index in [4.69, 9.17) is 4.99 Å². The molecule has 0 fully saturated rings. The zero-order chi connectivity index (χ0) is 25.6. The summed E-state index contributed by atoms with van der Waals surface area (Å²) in [5.41, 5.74) is 7.41. The summed E-state index contributed by atoms with van der Waals surface area (Å²) in [4.78, 5) is 18.3. The minimum absolute atomic E-state index is 0.566. The first-order valence-electron chi connectivity index (χ1n) is 12.0. The van der Waals surface area contributed by atoms with Crippen LogP contribution in [-0.4, -0.2) is 31.6 Å². The highest BCUT2D eigenvalue weighted by Crippen LogP contribution is 2.40. The smallest absolute Gasteiger partial charge is 0.308 e. The Hall–Kier alpha value is -3.78. The van der Waals surface area contributed by atoms with Crippen molar-refractivity contribution in [3.8, 4) is 5.00 Å². The quantitative estimate of drug-likeness (QED) is 0.350. The molecule has 0 amide bonds. The Labute approximate surface area is 214 Å². The SMILES string of the molecule is Cc1ccccc1CNc1ccc(C2=N[C@@H](C(C)C(=O)O)c3nnc(C)n3-c3sc(C)c(C)c32)cc1. The van der Waals surface area contributed by atoms with Crippen LogP contribution in [0.5, 0.6) is 0 Å². The van der Waals surface area contributed by atoms with Crippen LogP contribution in [0.15, 0.2) is 53.5 Å². The maximum absolute atomic E-state index is 12.0. The van der Waals surface area contributed by atoms with Gasteiger partial charge in [0.1, 0.15) is 16.9 Å². The number of carboxylic acids is 1. The molecule has 1 aliphatic rings. The van der Waals surface area contributed by atoms with Gasteiger partial charge in [-0.05, 0) is 63.4 Å². The molecule has 2 atom stereocenters. The predicted octanol–water partition coefficient (Wildman–Crippen LogP) is 5.79. The number of benzene rings is 2. The predicted molar refractivity (Wildman–Crippen MR) is 144 cm³/mol. The summed E-state index contributed by atoms with van der Waals surface area (Å²) in [6.07, 6.45) is 0. The first-order chi connectivity index (χ1) is 17.3. The second kappa shape index (κ2) is 9.35. The number of hydrogen-bond donors (Lipinski definition) is 2. The topological polar surface area (TPSA) is 92.4 Å². The second-order valence-electron chi connectivity index (χ2n) is 9.31. The van der Waals surface area contributed by atoms with Gasteiger partial charge in [0, 0.05) is 28.2 Å². The van der Waals surface area contributed by atoms with Crippen LogP contribution in [0.1, 0.15) is 57.3 Å². The fourth-order valence-electron chi connectivity index (χ4n) is 4.57. The van der Waals surface area contributed by atoms with E-state index >= 15 is 0 Å². The average Bonchev–Trinajstić information content (AvgIpc) is 3.33. The number of thiophene rings is 1. The van der Waals surface area contributed by atoms with Crippen molar-refractivity contribution in [1.82, 2.24) is 14.8 Å². The summed E-state index contributed by atoms with van der Waals surface area (Å²) >= 11 is 1.66. The van der Waals surface area contributed by atoms with Crippen LogP contribution in [0.3, 0.4) is 0 Å². The zero-order valence-electron chi connectivity index (χ0n) is 21.0. The lowest BCUT2D eigenvalue weighted by Gasteiger charge is -2.16. The average molecular weight is 500 g/mol. The number of carboxylic acid groups (broad SMARTS) is 1. The Morgan fingerprint density at radius 3 is 2.50 bits per heavy atom. The van der Waals surface area contributed by atoms with Gasteiger partial charge in [-0.25, -0.2) is 0 Å². The molecule has 1 unspecified atom stereocenters. The van der Waals surface area contributed by atoms with Gasteiger partial charge in [0.05, 0.1) is 11.6 Å². The number of hydrogen-bond acceptors (Lipinski definition) is 6. The molecule has 5 rings (SSSR count). The van der Waals surface area contributed by atoms with Crippen LogP contribution < -0.4 is 5.32 Å². The third kappa shape index (κ3) is 4.11. The third-order valence-corrected chi connectivity index (χ3v) is 8.15. The largest absolute Gasteiger partial charge is 0.481 e. The molecule has 3 heterocycles. The number of aryl methyl sites for hydroxylation is 3. The Kier molecular flexibility index (Phi) is 6.22. The van der Waals surface area contributed by atoms with Gasteiger partial charge >= 0.3 is 5.97 Å². The van der Waals surface area contributed by atoms with E-state index < -0.39 is 17.9 Å². The number of nitrogens with zero attached hydrogens (tertiary/aromatic N) is 4. The Morgan fingerprint density at radius 2 is 1.81 bits per heavy atom. The van der Waals surface area contributed by atoms with Crippen molar-refractivity contribution in [2.24, 2.45) is 10.9 Å². The lowest BCUT2D eigenvalue weighted by molar-refractivity contribution is -0.141. The molecule has 0 saturated heterocycles. The molecule has 4 aromatic rings. The molecule has 0 aliphatic carbocycles. The number of anilines is 1. The molecule has 0 bridgehead atoms. The highest BCUT2D eigenvalue weighted by molar-refractivity contribution is 7.15. The second-order valence-corrected chi connectivity index (χ2v) is 10.5. The van der Waals surface area contributed by atoms with Crippen molar-refractivity contribution in [2.45, 2.75) is 47.2 Å². The third-order valence-electron chi connectivity index (χ3n) is 6.95. The van der Waals surface area contributed by atoms with E-state index in [0.29, 0.717) is 5.82 Å². The van der Waals surface area contributed by atoms with Crippen molar-refractivity contribution in [3.05, 3.63) is 92.9 Å². The Morgan fingerprint density at radius 1 is 1.08 bits per heavy atom. The van der Waals surface area contributed by atoms with E-state index in [9.17, 15) is 9.90 Å². The van der Waals surface area contributed by atoms with Crippen LogP contribution in [0, 0.1) is 33.6 Å². The van der Waals surface area contributed by atoms with Gasteiger partial charge in [0.2, 0.25) is 0 Å². The van der Waals surface area contributed by atoms with Gasteiger partial charge in [-0.15, -0.1) is 21.5 Å². The van der Waals surface area contributed by atoms with E-state index in [1.165, 1.54) is 16.0 Å². The molecule has 184 valence electrons. The monoisotopic (exact) mass is 499 g/mol. The lowest BCUT2D eigenvalue weighted by atomic mass is 9.98. The number of nitrogens with one attached hydrogen (secondary N) is 1. The Bertz CT molecular complexity index is 1480. The Balaban J connectivity index is 1.57. The minimum atomic E-state index is -0.913. The van der Waals surface area contributed by atoms with E-state index in [0.717, 1.165) is 45.5 Å². The van der Waals surface area contributed by atoms with E-state index in [2.05, 4.69) is 78.7 Å². The van der Waals surface area contributed by atoms with Gasteiger partial charge in [-0.3, -0.25) is 14.4 Å². The van der Waals surface area contributed by atoms with Crippen molar-refractivity contribution in [3.63, 3.8) is 0 Å². The van der Waals surface area contributed by atoms with Crippen LogP contribution in [-0.2, 0) is 11.3 Å². The van der Waals surface area contributed by atoms with Gasteiger partial charge in [-0.2, -0.15) is 0 Å². The molecular formula is C28H29N5O2S. The summed E-state index contributed by atoms with van der Waals surface area (Å²) in [6, 6.07) is 15.9. The fraction of sp³-hybridized carbons (Fsp3) is 0.286. The molecule has 0 saturated carbocycles. The van der Waals surface area contributed by atoms with Crippen molar-refractivity contribution < 1.29 is 9.90 Å².